The molecule has 25 heavy (non-hydrogen) atoms. The van der Waals surface area contributed by atoms with E-state index in [1.54, 1.807) is 0 Å². The maximum Gasteiger partial charge on any atom is 0.237 e. The molecule has 0 saturated carbocycles. The van der Waals surface area contributed by atoms with E-state index in [0.29, 0.717) is 16.0 Å². The lowest BCUT2D eigenvalue weighted by Gasteiger charge is -2.11. The molecule has 0 aliphatic heterocycles. The summed E-state index contributed by atoms with van der Waals surface area (Å²) in [4.78, 5) is 12.3. The van der Waals surface area contributed by atoms with Crippen LogP contribution >= 0.6 is 23.4 Å². The monoisotopic (exact) mass is 372 g/mol. The highest BCUT2D eigenvalue weighted by molar-refractivity contribution is 8.00. The van der Waals surface area contributed by atoms with Gasteiger partial charge in [-0.25, -0.2) is 0 Å². The molecule has 1 heterocycles. The number of aromatic nitrogens is 3. The average Bonchev–Trinajstić information content (AvgIpc) is 2.97. The van der Waals surface area contributed by atoms with Crippen molar-refractivity contribution >= 4 is 35.0 Å². The van der Waals surface area contributed by atoms with E-state index in [2.05, 4.69) is 15.5 Å². The van der Waals surface area contributed by atoms with Crippen LogP contribution in [0.5, 0.6) is 0 Å². The predicted molar refractivity (Wildman–Crippen MR) is 102 cm³/mol. The summed E-state index contributed by atoms with van der Waals surface area (Å²) in [5.74, 6) is 0.585. The van der Waals surface area contributed by atoms with Crippen molar-refractivity contribution in [2.45, 2.75) is 17.3 Å². The van der Waals surface area contributed by atoms with E-state index in [9.17, 15) is 4.79 Å². The molecule has 0 bridgehead atoms. The molecule has 128 valence electrons. The molecule has 7 heteroatoms. The molecule has 0 saturated heterocycles. The zero-order chi connectivity index (χ0) is 17.8. The van der Waals surface area contributed by atoms with Gasteiger partial charge in [-0.15, -0.1) is 10.2 Å². The molecule has 3 aromatic rings. The molecule has 0 unspecified atom stereocenters. The number of amides is 1. The smallest absolute Gasteiger partial charge is 0.237 e. The highest BCUT2D eigenvalue weighted by Crippen LogP contribution is 2.29. The Morgan fingerprint density at radius 2 is 1.80 bits per heavy atom. The molecule has 1 N–H and O–H groups in total. The molecule has 1 amide bonds. The number of carbonyl (C=O) groups excluding carboxylic acids is 1. The Morgan fingerprint density at radius 1 is 1.12 bits per heavy atom. The number of thioether (sulfide) groups is 1. The van der Waals surface area contributed by atoms with Crippen LogP contribution in [0.3, 0.4) is 0 Å². The van der Waals surface area contributed by atoms with E-state index in [-0.39, 0.29) is 11.2 Å². The molecule has 5 nitrogen and oxygen atoms in total. The van der Waals surface area contributed by atoms with Gasteiger partial charge in [0.15, 0.2) is 11.0 Å². The maximum absolute atomic E-state index is 12.3. The summed E-state index contributed by atoms with van der Waals surface area (Å²) >= 11 is 7.59. The third-order valence-electron chi connectivity index (χ3n) is 3.64. The van der Waals surface area contributed by atoms with E-state index in [4.69, 9.17) is 11.6 Å². The van der Waals surface area contributed by atoms with Gasteiger partial charge in [-0.1, -0.05) is 53.7 Å². The normalized spacial score (nSPS) is 12.0. The first-order valence-corrected chi connectivity index (χ1v) is 8.99. The van der Waals surface area contributed by atoms with Gasteiger partial charge in [-0.2, -0.15) is 0 Å². The van der Waals surface area contributed by atoms with E-state index in [1.165, 1.54) is 11.8 Å². The molecule has 1 aromatic heterocycles. The second kappa shape index (κ2) is 7.72. The lowest BCUT2D eigenvalue weighted by atomic mass is 10.2. The van der Waals surface area contributed by atoms with Crippen molar-refractivity contribution in [1.82, 2.24) is 14.8 Å². The number of hydrogen-bond donors (Lipinski definition) is 1. The fraction of sp³-hybridized carbons (Fsp3) is 0.167. The summed E-state index contributed by atoms with van der Waals surface area (Å²) in [5.41, 5.74) is 1.59. The molecule has 0 spiro atoms. The van der Waals surface area contributed by atoms with Crippen LogP contribution < -0.4 is 5.32 Å². The molecule has 3 rings (SSSR count). The molecular weight excluding hydrogens is 356 g/mol. The van der Waals surface area contributed by atoms with Gasteiger partial charge in [0.2, 0.25) is 5.91 Å². The zero-order valence-electron chi connectivity index (χ0n) is 13.8. The Morgan fingerprint density at radius 3 is 2.52 bits per heavy atom. The fourth-order valence-corrected chi connectivity index (χ4v) is 3.31. The number of anilines is 1. The number of para-hydroxylation sites is 1. The van der Waals surface area contributed by atoms with Gasteiger partial charge in [0.25, 0.3) is 0 Å². The molecule has 0 radical (unpaired) electrons. The number of hydrogen-bond acceptors (Lipinski definition) is 4. The minimum Gasteiger partial charge on any atom is -0.325 e. The first-order chi connectivity index (χ1) is 12.1. The molecule has 2 aromatic carbocycles. The molecular formula is C18H17ClN4OS. The lowest BCUT2D eigenvalue weighted by Crippen LogP contribution is -2.22. The van der Waals surface area contributed by atoms with Crippen molar-refractivity contribution < 1.29 is 4.79 Å². The minimum absolute atomic E-state index is 0.0847. The van der Waals surface area contributed by atoms with E-state index >= 15 is 0 Å². The van der Waals surface area contributed by atoms with Crippen LogP contribution in [0.1, 0.15) is 6.92 Å². The Hall–Kier alpha value is -2.31. The van der Waals surface area contributed by atoms with Crippen LogP contribution in [0.25, 0.3) is 11.4 Å². The van der Waals surface area contributed by atoms with Gasteiger partial charge >= 0.3 is 0 Å². The van der Waals surface area contributed by atoms with Crippen LogP contribution in [0.2, 0.25) is 5.02 Å². The summed E-state index contributed by atoms with van der Waals surface area (Å²) in [7, 11) is 1.86. The summed E-state index contributed by atoms with van der Waals surface area (Å²) < 4.78 is 1.85. The number of nitrogens with zero attached hydrogens (tertiary/aromatic N) is 3. The van der Waals surface area contributed by atoms with Crippen molar-refractivity contribution in [2.75, 3.05) is 5.32 Å². The van der Waals surface area contributed by atoms with Crippen molar-refractivity contribution in [3.05, 3.63) is 59.6 Å². The van der Waals surface area contributed by atoms with Gasteiger partial charge in [0, 0.05) is 18.3 Å². The number of rotatable bonds is 5. The first-order valence-electron chi connectivity index (χ1n) is 7.73. The van der Waals surface area contributed by atoms with Gasteiger partial charge in [-0.05, 0) is 31.2 Å². The fourth-order valence-electron chi connectivity index (χ4n) is 2.27. The average molecular weight is 373 g/mol. The third kappa shape index (κ3) is 4.03. The van der Waals surface area contributed by atoms with Gasteiger partial charge in [-0.3, -0.25) is 4.79 Å². The topological polar surface area (TPSA) is 59.8 Å². The van der Waals surface area contributed by atoms with Crippen LogP contribution in [0.15, 0.2) is 59.8 Å². The molecule has 0 aliphatic rings. The summed E-state index contributed by atoms with van der Waals surface area (Å²) in [5, 5.41) is 12.3. The van der Waals surface area contributed by atoms with E-state index in [1.807, 2.05) is 73.1 Å². The third-order valence-corrected chi connectivity index (χ3v) is 5.11. The van der Waals surface area contributed by atoms with Crippen molar-refractivity contribution in [3.63, 3.8) is 0 Å². The van der Waals surface area contributed by atoms with Gasteiger partial charge in [0.05, 0.1) is 10.3 Å². The SMILES string of the molecule is C[C@H](Sc1nnc(-c2ccccc2Cl)n1C)C(=O)Nc1ccccc1. The second-order valence-corrected chi connectivity index (χ2v) is 7.18. The minimum atomic E-state index is -0.317. The largest absolute Gasteiger partial charge is 0.325 e. The van der Waals surface area contributed by atoms with E-state index < -0.39 is 0 Å². The molecule has 0 fully saturated rings. The van der Waals surface area contributed by atoms with Gasteiger partial charge in [0.1, 0.15) is 0 Å². The highest BCUT2D eigenvalue weighted by Gasteiger charge is 2.20. The summed E-state index contributed by atoms with van der Waals surface area (Å²) in [6.45, 7) is 1.84. The zero-order valence-corrected chi connectivity index (χ0v) is 15.4. The highest BCUT2D eigenvalue weighted by atomic mass is 35.5. The van der Waals surface area contributed by atoms with Crippen molar-refractivity contribution in [1.29, 1.82) is 0 Å². The quantitative estimate of drug-likeness (QED) is 0.680. The van der Waals surface area contributed by atoms with Crippen LogP contribution in [-0.4, -0.2) is 25.9 Å². The number of benzene rings is 2. The Balaban J connectivity index is 1.73. The van der Waals surface area contributed by atoms with Gasteiger partial charge < -0.3 is 9.88 Å². The number of nitrogens with one attached hydrogen (secondary N) is 1. The Labute approximate surface area is 155 Å². The second-order valence-electron chi connectivity index (χ2n) is 5.46. The number of carbonyl (C=O) groups is 1. The first kappa shape index (κ1) is 17.5. The van der Waals surface area contributed by atoms with Crippen molar-refractivity contribution in [3.8, 4) is 11.4 Å². The lowest BCUT2D eigenvalue weighted by molar-refractivity contribution is -0.115. The van der Waals surface area contributed by atoms with E-state index in [0.717, 1.165) is 11.3 Å². The predicted octanol–water partition coefficient (Wildman–Crippen LogP) is 4.25. The Bertz CT molecular complexity index is 882. The standard InChI is InChI=1S/C18H17ClN4OS/c1-12(17(24)20-13-8-4-3-5-9-13)25-18-22-21-16(23(18)2)14-10-6-7-11-15(14)19/h3-12H,1-2H3,(H,20,24)/t12-/m0/s1. The van der Waals surface area contributed by atoms with Crippen LogP contribution in [-0.2, 0) is 11.8 Å². The molecule has 1 atom stereocenters. The summed E-state index contributed by atoms with van der Waals surface area (Å²) in [6.07, 6.45) is 0. The number of halogens is 1. The molecule has 0 aliphatic carbocycles. The Kier molecular flexibility index (Phi) is 5.40. The van der Waals surface area contributed by atoms with Crippen LogP contribution in [0, 0.1) is 0 Å². The maximum atomic E-state index is 12.3. The van der Waals surface area contributed by atoms with Crippen LogP contribution in [0.4, 0.5) is 5.69 Å². The van der Waals surface area contributed by atoms with Crippen molar-refractivity contribution in [2.24, 2.45) is 7.05 Å². The summed E-state index contributed by atoms with van der Waals surface area (Å²) in [6, 6.07) is 16.9.